The van der Waals surface area contributed by atoms with E-state index in [9.17, 15) is 9.59 Å². The number of carbonyl (C=O) groups excluding carboxylic acids is 2. The minimum Gasteiger partial charge on any atom is -0.361 e. The highest BCUT2D eigenvalue weighted by Crippen LogP contribution is 2.27. The first-order valence-electron chi connectivity index (χ1n) is 10.3. The van der Waals surface area contributed by atoms with Gasteiger partial charge in [0.1, 0.15) is 11.9 Å². The fourth-order valence-electron chi connectivity index (χ4n) is 4.20. The number of hydrogen-bond donors (Lipinski definition) is 2. The Morgan fingerprint density at radius 1 is 1.28 bits per heavy atom. The van der Waals surface area contributed by atoms with Crippen molar-refractivity contribution in [3.05, 3.63) is 48.3 Å². The van der Waals surface area contributed by atoms with Gasteiger partial charge in [-0.2, -0.15) is 5.10 Å². The highest BCUT2D eigenvalue weighted by atomic mass is 16.2. The van der Waals surface area contributed by atoms with Crippen molar-refractivity contribution in [2.45, 2.75) is 58.2 Å². The molecular weight excluding hydrogens is 366 g/mol. The number of aromatic nitrogens is 3. The third-order valence-corrected chi connectivity index (χ3v) is 5.86. The number of H-pyrrole nitrogens is 1. The molecule has 1 aromatic carbocycles. The van der Waals surface area contributed by atoms with Crippen molar-refractivity contribution < 1.29 is 9.59 Å². The van der Waals surface area contributed by atoms with Gasteiger partial charge in [0.2, 0.25) is 11.8 Å². The largest absolute Gasteiger partial charge is 0.361 e. The van der Waals surface area contributed by atoms with Crippen LogP contribution in [0.1, 0.15) is 51.1 Å². The molecule has 3 heterocycles. The summed E-state index contributed by atoms with van der Waals surface area (Å²) in [6.07, 6.45) is 6.44. The molecule has 1 atom stereocenters. The molecule has 3 aromatic rings. The standard InChI is InChI=1S/C22H27N5O2/c1-3-16(4-2)27-20(11-12-24-27)25-22(29)19-9-10-21(28)26(19)14-15-13-23-18-8-6-5-7-17(15)18/h5-8,11-13,16,19,23H,3-4,9-10,14H2,1-2H3,(H,25,29). The second-order valence-electron chi connectivity index (χ2n) is 7.56. The van der Waals surface area contributed by atoms with E-state index in [4.69, 9.17) is 0 Å². The number of fused-ring (bicyclic) bond motifs is 1. The van der Waals surface area contributed by atoms with Gasteiger partial charge in [0, 0.05) is 36.1 Å². The van der Waals surface area contributed by atoms with E-state index in [0.29, 0.717) is 25.2 Å². The van der Waals surface area contributed by atoms with E-state index in [-0.39, 0.29) is 17.9 Å². The molecule has 0 spiro atoms. The van der Waals surface area contributed by atoms with Crippen LogP contribution < -0.4 is 5.32 Å². The predicted octanol–water partition coefficient (Wildman–Crippen LogP) is 3.86. The molecule has 2 N–H and O–H groups in total. The number of benzene rings is 1. The maximum absolute atomic E-state index is 13.1. The van der Waals surface area contributed by atoms with Crippen molar-refractivity contribution in [2.24, 2.45) is 0 Å². The molecule has 1 fully saturated rings. The monoisotopic (exact) mass is 393 g/mol. The lowest BCUT2D eigenvalue weighted by Crippen LogP contribution is -2.41. The quantitative estimate of drug-likeness (QED) is 0.639. The summed E-state index contributed by atoms with van der Waals surface area (Å²) in [5, 5.41) is 8.47. The maximum Gasteiger partial charge on any atom is 0.248 e. The van der Waals surface area contributed by atoms with Crippen molar-refractivity contribution in [1.29, 1.82) is 0 Å². The van der Waals surface area contributed by atoms with Gasteiger partial charge in [0.05, 0.1) is 12.2 Å². The van der Waals surface area contributed by atoms with Crippen molar-refractivity contribution in [1.82, 2.24) is 19.7 Å². The zero-order valence-corrected chi connectivity index (χ0v) is 16.9. The topological polar surface area (TPSA) is 83.0 Å². The highest BCUT2D eigenvalue weighted by Gasteiger charge is 2.36. The second-order valence-corrected chi connectivity index (χ2v) is 7.56. The Morgan fingerprint density at radius 3 is 2.86 bits per heavy atom. The van der Waals surface area contributed by atoms with Gasteiger partial charge in [-0.15, -0.1) is 0 Å². The number of amides is 2. The van der Waals surface area contributed by atoms with E-state index >= 15 is 0 Å². The van der Waals surface area contributed by atoms with Gasteiger partial charge in [0.25, 0.3) is 0 Å². The minimum absolute atomic E-state index is 0.0175. The summed E-state index contributed by atoms with van der Waals surface area (Å²) in [6, 6.07) is 9.59. The van der Waals surface area contributed by atoms with E-state index < -0.39 is 6.04 Å². The molecule has 2 amide bonds. The van der Waals surface area contributed by atoms with Gasteiger partial charge in [-0.05, 0) is 30.9 Å². The summed E-state index contributed by atoms with van der Waals surface area (Å²) in [5.41, 5.74) is 2.06. The van der Waals surface area contributed by atoms with Gasteiger partial charge in [-0.25, -0.2) is 4.68 Å². The van der Waals surface area contributed by atoms with Crippen molar-refractivity contribution in [3.8, 4) is 0 Å². The van der Waals surface area contributed by atoms with Crippen LogP contribution in [0.25, 0.3) is 10.9 Å². The number of anilines is 1. The van der Waals surface area contributed by atoms with Gasteiger partial charge < -0.3 is 15.2 Å². The average molecular weight is 393 g/mol. The number of para-hydroxylation sites is 1. The first-order valence-corrected chi connectivity index (χ1v) is 10.3. The third kappa shape index (κ3) is 3.64. The lowest BCUT2D eigenvalue weighted by molar-refractivity contribution is -0.133. The first kappa shape index (κ1) is 19.2. The van der Waals surface area contributed by atoms with Crippen molar-refractivity contribution in [2.75, 3.05) is 5.32 Å². The molecule has 1 aliphatic rings. The molecule has 4 rings (SSSR count). The average Bonchev–Trinajstić information content (AvgIpc) is 3.44. The Bertz CT molecular complexity index is 1020. The summed E-state index contributed by atoms with van der Waals surface area (Å²) in [7, 11) is 0. The van der Waals surface area contributed by atoms with Crippen LogP contribution >= 0.6 is 0 Å². The van der Waals surface area contributed by atoms with Gasteiger partial charge >= 0.3 is 0 Å². The normalized spacial score (nSPS) is 16.9. The number of nitrogens with zero attached hydrogens (tertiary/aromatic N) is 3. The molecule has 152 valence electrons. The van der Waals surface area contributed by atoms with Crippen LogP contribution in [-0.4, -0.2) is 37.5 Å². The van der Waals surface area contributed by atoms with Crippen LogP contribution in [-0.2, 0) is 16.1 Å². The van der Waals surface area contributed by atoms with Crippen LogP contribution in [0, 0.1) is 0 Å². The van der Waals surface area contributed by atoms with Gasteiger partial charge in [-0.1, -0.05) is 32.0 Å². The molecule has 0 radical (unpaired) electrons. The maximum atomic E-state index is 13.1. The Balaban J connectivity index is 1.52. The lowest BCUT2D eigenvalue weighted by Gasteiger charge is -2.24. The summed E-state index contributed by atoms with van der Waals surface area (Å²) in [4.78, 5) is 30.5. The fourth-order valence-corrected chi connectivity index (χ4v) is 4.20. The molecule has 0 bridgehead atoms. The summed E-state index contributed by atoms with van der Waals surface area (Å²) < 4.78 is 1.87. The molecule has 2 aromatic heterocycles. The van der Waals surface area contributed by atoms with Crippen molar-refractivity contribution >= 4 is 28.5 Å². The molecule has 0 saturated carbocycles. The number of likely N-dealkylation sites (tertiary alicyclic amines) is 1. The number of rotatable bonds is 7. The van der Waals surface area contributed by atoms with Crippen LogP contribution in [0.5, 0.6) is 0 Å². The molecule has 7 nitrogen and oxygen atoms in total. The Hall–Kier alpha value is -3.09. The molecule has 1 unspecified atom stereocenters. The van der Waals surface area contributed by atoms with Crippen LogP contribution in [0.4, 0.5) is 5.82 Å². The van der Waals surface area contributed by atoms with E-state index in [1.807, 2.05) is 41.2 Å². The van der Waals surface area contributed by atoms with Crippen LogP contribution in [0.3, 0.4) is 0 Å². The predicted molar refractivity (Wildman–Crippen MR) is 112 cm³/mol. The minimum atomic E-state index is -0.471. The number of aromatic amines is 1. The Labute approximate surface area is 170 Å². The molecule has 1 aliphatic heterocycles. The highest BCUT2D eigenvalue weighted by molar-refractivity contribution is 5.98. The molecular formula is C22H27N5O2. The first-order chi connectivity index (χ1) is 14.1. The number of nitrogens with one attached hydrogen (secondary N) is 2. The van der Waals surface area contributed by atoms with E-state index in [0.717, 1.165) is 29.3 Å². The van der Waals surface area contributed by atoms with Crippen LogP contribution in [0.15, 0.2) is 42.7 Å². The third-order valence-electron chi connectivity index (χ3n) is 5.86. The Morgan fingerprint density at radius 2 is 2.07 bits per heavy atom. The lowest BCUT2D eigenvalue weighted by atomic mass is 10.1. The smallest absolute Gasteiger partial charge is 0.248 e. The zero-order chi connectivity index (χ0) is 20.4. The summed E-state index contributed by atoms with van der Waals surface area (Å²) >= 11 is 0. The zero-order valence-electron chi connectivity index (χ0n) is 16.9. The fraction of sp³-hybridized carbons (Fsp3) is 0.409. The number of hydrogen-bond acceptors (Lipinski definition) is 3. The van der Waals surface area contributed by atoms with E-state index in [1.165, 1.54) is 0 Å². The molecule has 7 heteroatoms. The molecule has 1 saturated heterocycles. The van der Waals surface area contributed by atoms with E-state index in [2.05, 4.69) is 29.2 Å². The SMILES string of the molecule is CCC(CC)n1nccc1NC(=O)C1CCC(=O)N1Cc1c[nH]c2ccccc12. The summed E-state index contributed by atoms with van der Waals surface area (Å²) in [5.74, 6) is 0.558. The van der Waals surface area contributed by atoms with Crippen molar-refractivity contribution in [3.63, 3.8) is 0 Å². The number of carbonyl (C=O) groups is 2. The van der Waals surface area contributed by atoms with Gasteiger partial charge in [-0.3, -0.25) is 9.59 Å². The Kier molecular flexibility index (Phi) is 5.38. The molecule has 0 aliphatic carbocycles. The second kappa shape index (κ2) is 8.11. The van der Waals surface area contributed by atoms with E-state index in [1.54, 1.807) is 11.1 Å². The summed E-state index contributed by atoms with van der Waals surface area (Å²) in [6.45, 7) is 4.65. The van der Waals surface area contributed by atoms with Gasteiger partial charge in [0.15, 0.2) is 0 Å². The molecule has 29 heavy (non-hydrogen) atoms. The van der Waals surface area contributed by atoms with Crippen LogP contribution in [0.2, 0.25) is 0 Å².